The Morgan fingerprint density at radius 3 is 1.80 bits per heavy atom. The van der Waals surface area contributed by atoms with Crippen molar-refractivity contribution in [2.45, 2.75) is 0 Å². The lowest BCUT2D eigenvalue weighted by atomic mass is 10.1. The molecule has 0 bridgehead atoms. The molecule has 1 amide bonds. The highest BCUT2D eigenvalue weighted by molar-refractivity contribution is 5.93. The van der Waals surface area contributed by atoms with E-state index in [9.17, 15) is 4.79 Å². The molecule has 1 aromatic carbocycles. The highest BCUT2D eigenvalue weighted by Crippen LogP contribution is 2.37. The number of ether oxygens (including phenoxy) is 3. The zero-order valence-electron chi connectivity index (χ0n) is 8.79. The van der Waals surface area contributed by atoms with Crippen molar-refractivity contribution >= 4 is 5.91 Å². The zero-order chi connectivity index (χ0) is 11.4. The summed E-state index contributed by atoms with van der Waals surface area (Å²) in [5.41, 5.74) is 7.20. The van der Waals surface area contributed by atoms with Crippen LogP contribution in [-0.4, -0.2) is 27.2 Å². The Bertz CT molecular complexity index is 351. The van der Waals surface area contributed by atoms with E-state index in [4.69, 9.17) is 19.9 Å². The Morgan fingerprint density at radius 2 is 1.53 bits per heavy atom. The summed E-state index contributed by atoms with van der Waals surface area (Å²) in [5, 5.41) is 0. The number of benzene rings is 1. The van der Waals surface area contributed by atoms with Crippen LogP contribution in [0.15, 0.2) is 12.1 Å². The molecule has 81 valence electrons. The van der Waals surface area contributed by atoms with Crippen LogP contribution in [0.3, 0.4) is 0 Å². The Hall–Kier alpha value is -1.91. The van der Waals surface area contributed by atoms with Crippen molar-refractivity contribution in [2.24, 2.45) is 0 Å². The molecule has 15 heavy (non-hydrogen) atoms. The van der Waals surface area contributed by atoms with Gasteiger partial charge in [-0.15, -0.1) is 0 Å². The van der Waals surface area contributed by atoms with Crippen molar-refractivity contribution in [2.75, 3.05) is 21.3 Å². The van der Waals surface area contributed by atoms with Gasteiger partial charge in [0.05, 0.1) is 21.3 Å². The average molecular weight is 210 g/mol. The number of carbonyl (C=O) groups excluding carboxylic acids is 1. The van der Waals surface area contributed by atoms with Gasteiger partial charge in [-0.25, -0.2) is 0 Å². The van der Waals surface area contributed by atoms with E-state index in [1.807, 2.05) is 0 Å². The van der Waals surface area contributed by atoms with Gasteiger partial charge in [-0.05, 0) is 12.1 Å². The first-order chi connectivity index (χ1) is 7.13. The predicted octanol–water partition coefficient (Wildman–Crippen LogP) is 1.14. The fourth-order valence-corrected chi connectivity index (χ4v) is 1.21. The lowest BCUT2D eigenvalue weighted by molar-refractivity contribution is 0.0991. The predicted molar refractivity (Wildman–Crippen MR) is 53.5 cm³/mol. The monoisotopic (exact) mass is 210 g/mol. The number of nitrogens with one attached hydrogen (secondary N) is 1. The van der Waals surface area contributed by atoms with Gasteiger partial charge in [-0.1, -0.05) is 0 Å². The van der Waals surface area contributed by atoms with E-state index in [-0.39, 0.29) is 5.56 Å². The van der Waals surface area contributed by atoms with Crippen LogP contribution < -0.4 is 19.9 Å². The van der Waals surface area contributed by atoms with Crippen molar-refractivity contribution in [3.8, 4) is 17.2 Å². The molecule has 5 nitrogen and oxygen atoms in total. The molecule has 0 saturated heterocycles. The molecular formula is C10H12NO4. The van der Waals surface area contributed by atoms with Crippen molar-refractivity contribution in [1.29, 1.82) is 0 Å². The normalized spacial score (nSPS) is 9.53. The van der Waals surface area contributed by atoms with Crippen LogP contribution in [0.5, 0.6) is 17.2 Å². The first-order valence-corrected chi connectivity index (χ1v) is 4.20. The van der Waals surface area contributed by atoms with Gasteiger partial charge in [0.1, 0.15) is 0 Å². The summed E-state index contributed by atoms with van der Waals surface area (Å²) in [4.78, 5) is 10.9. The SMILES string of the molecule is COc1cc(C([NH])=O)cc(OC)c1OC. The number of methoxy groups -OCH3 is 3. The van der Waals surface area contributed by atoms with Crippen LogP contribution in [0.1, 0.15) is 10.4 Å². The van der Waals surface area contributed by atoms with Gasteiger partial charge in [-0.2, -0.15) is 0 Å². The number of hydrogen-bond donors (Lipinski definition) is 0. The van der Waals surface area contributed by atoms with Crippen LogP contribution in [-0.2, 0) is 0 Å². The third-order valence-corrected chi connectivity index (χ3v) is 1.93. The van der Waals surface area contributed by atoms with Crippen molar-refractivity contribution in [3.05, 3.63) is 17.7 Å². The summed E-state index contributed by atoms with van der Waals surface area (Å²) >= 11 is 0. The van der Waals surface area contributed by atoms with E-state index in [0.717, 1.165) is 0 Å². The van der Waals surface area contributed by atoms with Crippen LogP contribution in [0.2, 0.25) is 0 Å². The van der Waals surface area contributed by atoms with Gasteiger partial charge >= 0.3 is 0 Å². The smallest absolute Gasteiger partial charge is 0.269 e. The standard InChI is InChI=1S/C10H12NO4/c1-13-7-4-6(10(11)12)5-8(14-2)9(7)15-3/h4-5,11H,1-3H3. The highest BCUT2D eigenvalue weighted by atomic mass is 16.5. The van der Waals surface area contributed by atoms with Gasteiger partial charge in [0.15, 0.2) is 11.5 Å². The fraction of sp³-hybridized carbons (Fsp3) is 0.300. The molecule has 1 rings (SSSR count). The van der Waals surface area contributed by atoms with E-state index >= 15 is 0 Å². The highest BCUT2D eigenvalue weighted by Gasteiger charge is 2.15. The molecule has 0 heterocycles. The second-order valence-electron chi connectivity index (χ2n) is 2.74. The molecule has 0 spiro atoms. The van der Waals surface area contributed by atoms with Crippen LogP contribution in [0, 0.1) is 0 Å². The van der Waals surface area contributed by atoms with Crippen molar-refractivity contribution < 1.29 is 19.0 Å². The third-order valence-electron chi connectivity index (χ3n) is 1.93. The first kappa shape index (κ1) is 11.2. The minimum Gasteiger partial charge on any atom is -0.493 e. The van der Waals surface area contributed by atoms with Gasteiger partial charge in [0.25, 0.3) is 5.91 Å². The largest absolute Gasteiger partial charge is 0.493 e. The molecule has 0 aliphatic carbocycles. The summed E-state index contributed by atoms with van der Waals surface area (Å²) in [6.07, 6.45) is 0. The molecule has 0 fully saturated rings. The molecule has 1 aromatic rings. The average Bonchev–Trinajstić information content (AvgIpc) is 2.26. The summed E-state index contributed by atoms with van der Waals surface area (Å²) in [6.45, 7) is 0. The van der Waals surface area contributed by atoms with Crippen LogP contribution in [0.25, 0.3) is 0 Å². The van der Waals surface area contributed by atoms with Gasteiger partial charge in [-0.3, -0.25) is 10.5 Å². The number of rotatable bonds is 4. The molecule has 0 aliphatic rings. The summed E-state index contributed by atoms with van der Waals surface area (Å²) in [5.74, 6) is 0.346. The zero-order valence-corrected chi connectivity index (χ0v) is 8.79. The minimum atomic E-state index is -0.797. The topological polar surface area (TPSA) is 68.6 Å². The van der Waals surface area contributed by atoms with Crippen molar-refractivity contribution in [3.63, 3.8) is 0 Å². The maximum atomic E-state index is 10.9. The molecule has 0 aromatic heterocycles. The van der Waals surface area contributed by atoms with Crippen molar-refractivity contribution in [1.82, 2.24) is 5.73 Å². The first-order valence-electron chi connectivity index (χ1n) is 4.20. The van der Waals surface area contributed by atoms with E-state index in [1.165, 1.54) is 33.5 Å². The third kappa shape index (κ3) is 2.12. The van der Waals surface area contributed by atoms with Crippen LogP contribution >= 0.6 is 0 Å². The molecule has 1 radical (unpaired) electrons. The quantitative estimate of drug-likeness (QED) is 0.747. The van der Waals surface area contributed by atoms with Gasteiger partial charge in [0.2, 0.25) is 5.75 Å². The minimum absolute atomic E-state index is 0.199. The second-order valence-corrected chi connectivity index (χ2v) is 2.74. The molecule has 0 aliphatic heterocycles. The molecule has 0 unspecified atom stereocenters. The van der Waals surface area contributed by atoms with Gasteiger partial charge in [0, 0.05) is 5.56 Å². The lowest BCUT2D eigenvalue weighted by Crippen LogP contribution is -2.02. The summed E-state index contributed by atoms with van der Waals surface area (Å²) in [6, 6.07) is 2.88. The molecule has 0 saturated carbocycles. The molecule has 0 atom stereocenters. The number of amides is 1. The Balaban J connectivity index is 3.35. The maximum Gasteiger partial charge on any atom is 0.269 e. The Morgan fingerprint density at radius 1 is 1.07 bits per heavy atom. The Labute approximate surface area is 87.7 Å². The summed E-state index contributed by atoms with van der Waals surface area (Å²) in [7, 11) is 4.38. The molecular weight excluding hydrogens is 198 g/mol. The van der Waals surface area contributed by atoms with E-state index in [1.54, 1.807) is 0 Å². The maximum absolute atomic E-state index is 10.9. The number of hydrogen-bond acceptors (Lipinski definition) is 4. The summed E-state index contributed by atoms with van der Waals surface area (Å²) < 4.78 is 15.1. The Kier molecular flexibility index (Phi) is 3.38. The van der Waals surface area contributed by atoms with E-state index < -0.39 is 5.91 Å². The van der Waals surface area contributed by atoms with E-state index in [0.29, 0.717) is 17.2 Å². The van der Waals surface area contributed by atoms with E-state index in [2.05, 4.69) is 0 Å². The number of carbonyl (C=O) groups is 1. The lowest BCUT2D eigenvalue weighted by Gasteiger charge is -2.12. The molecule has 1 N–H and O–H groups in total. The van der Waals surface area contributed by atoms with Crippen LogP contribution in [0.4, 0.5) is 0 Å². The second kappa shape index (κ2) is 4.54. The fourth-order valence-electron chi connectivity index (χ4n) is 1.21. The molecule has 5 heteroatoms. The van der Waals surface area contributed by atoms with Gasteiger partial charge < -0.3 is 14.2 Å².